The average Bonchev–Trinajstić information content (AvgIpc) is 3.29. The van der Waals surface area contributed by atoms with E-state index in [-0.39, 0.29) is 37.5 Å². The van der Waals surface area contributed by atoms with E-state index in [9.17, 15) is 14.4 Å². The summed E-state index contributed by atoms with van der Waals surface area (Å²) in [6.07, 6.45) is 71.4. The van der Waals surface area contributed by atoms with Gasteiger partial charge in [0.05, 0.1) is 0 Å². The molecule has 0 aromatic rings. The number of allylic oxidation sites excluding steroid dienone is 22. The van der Waals surface area contributed by atoms with Crippen molar-refractivity contribution in [1.29, 1.82) is 0 Å². The summed E-state index contributed by atoms with van der Waals surface area (Å²) in [7, 11) is 0. The van der Waals surface area contributed by atoms with Gasteiger partial charge < -0.3 is 14.2 Å². The Hall–Kier alpha value is -4.45. The normalized spacial score (nSPS) is 13.2. The molecule has 0 aliphatic heterocycles. The average molecular weight is 883 g/mol. The number of esters is 3. The van der Waals surface area contributed by atoms with Crippen molar-refractivity contribution in [2.24, 2.45) is 0 Å². The van der Waals surface area contributed by atoms with Gasteiger partial charge in [-0.2, -0.15) is 0 Å². The molecule has 0 fully saturated rings. The summed E-state index contributed by atoms with van der Waals surface area (Å²) >= 11 is 0. The molecule has 0 radical (unpaired) electrons. The molecule has 64 heavy (non-hydrogen) atoms. The van der Waals surface area contributed by atoms with Crippen molar-refractivity contribution in [3.05, 3.63) is 134 Å². The molecule has 0 amide bonds. The third-order valence-corrected chi connectivity index (χ3v) is 10.1. The lowest BCUT2D eigenvalue weighted by Gasteiger charge is -2.18. The van der Waals surface area contributed by atoms with Gasteiger partial charge in [0.15, 0.2) is 6.10 Å². The lowest BCUT2D eigenvalue weighted by atomic mass is 10.1. The Morgan fingerprint density at radius 2 is 0.625 bits per heavy atom. The summed E-state index contributed by atoms with van der Waals surface area (Å²) in [6, 6.07) is 0. The number of hydrogen-bond donors (Lipinski definition) is 0. The van der Waals surface area contributed by atoms with E-state index in [0.717, 1.165) is 103 Å². The smallest absolute Gasteiger partial charge is 0.306 e. The minimum absolute atomic E-state index is 0.121. The minimum Gasteiger partial charge on any atom is -0.462 e. The maximum Gasteiger partial charge on any atom is 0.306 e. The molecule has 0 bridgehead atoms. The summed E-state index contributed by atoms with van der Waals surface area (Å²) < 4.78 is 16.7. The second kappa shape index (κ2) is 51.2. The number of rotatable bonds is 43. The van der Waals surface area contributed by atoms with Gasteiger partial charge in [0, 0.05) is 19.3 Å². The van der Waals surface area contributed by atoms with Crippen LogP contribution in [-0.2, 0) is 28.6 Å². The lowest BCUT2D eigenvalue weighted by molar-refractivity contribution is -0.167. The van der Waals surface area contributed by atoms with Gasteiger partial charge in [0.2, 0.25) is 0 Å². The Morgan fingerprint density at radius 3 is 1.03 bits per heavy atom. The van der Waals surface area contributed by atoms with Gasteiger partial charge in [-0.1, -0.05) is 225 Å². The van der Waals surface area contributed by atoms with Gasteiger partial charge in [-0.25, -0.2) is 0 Å². The van der Waals surface area contributed by atoms with Gasteiger partial charge in [-0.15, -0.1) is 0 Å². The fourth-order valence-electron chi connectivity index (χ4n) is 6.27. The summed E-state index contributed by atoms with van der Waals surface area (Å²) in [6.45, 7) is 6.32. The highest BCUT2D eigenvalue weighted by molar-refractivity contribution is 5.71. The van der Waals surface area contributed by atoms with Crippen LogP contribution in [0.5, 0.6) is 0 Å². The van der Waals surface area contributed by atoms with Crippen LogP contribution in [0.25, 0.3) is 0 Å². The Bertz CT molecular complexity index is 1430. The molecule has 0 spiro atoms. The van der Waals surface area contributed by atoms with Gasteiger partial charge in [0.1, 0.15) is 13.2 Å². The number of unbranched alkanes of at least 4 members (excludes halogenated alkanes) is 18. The van der Waals surface area contributed by atoms with Crippen molar-refractivity contribution < 1.29 is 28.6 Å². The van der Waals surface area contributed by atoms with E-state index in [4.69, 9.17) is 14.2 Å². The zero-order valence-corrected chi connectivity index (χ0v) is 40.7. The number of carbonyl (C=O) groups excluding carboxylic acids is 3. The Morgan fingerprint density at radius 1 is 0.328 bits per heavy atom. The second-order valence-electron chi connectivity index (χ2n) is 16.2. The van der Waals surface area contributed by atoms with Crippen molar-refractivity contribution in [1.82, 2.24) is 0 Å². The van der Waals surface area contributed by atoms with E-state index in [1.54, 1.807) is 0 Å². The summed E-state index contributed by atoms with van der Waals surface area (Å²) in [5, 5.41) is 0. The molecule has 358 valence electrons. The molecular formula is C58H90O6. The van der Waals surface area contributed by atoms with Crippen LogP contribution < -0.4 is 0 Å². The van der Waals surface area contributed by atoms with Crippen molar-refractivity contribution >= 4 is 17.9 Å². The first-order valence-electron chi connectivity index (χ1n) is 25.3. The quantitative estimate of drug-likeness (QED) is 0.0263. The van der Waals surface area contributed by atoms with Crippen molar-refractivity contribution in [3.8, 4) is 0 Å². The molecule has 1 unspecified atom stereocenters. The number of hydrogen-bond acceptors (Lipinski definition) is 6. The van der Waals surface area contributed by atoms with Crippen LogP contribution in [-0.4, -0.2) is 37.2 Å². The fourth-order valence-corrected chi connectivity index (χ4v) is 6.27. The molecule has 6 heteroatoms. The molecule has 0 aliphatic carbocycles. The van der Waals surface area contributed by atoms with Gasteiger partial charge >= 0.3 is 17.9 Å². The molecule has 0 N–H and O–H groups in total. The van der Waals surface area contributed by atoms with E-state index in [0.29, 0.717) is 19.3 Å². The van der Waals surface area contributed by atoms with Crippen molar-refractivity contribution in [2.45, 2.75) is 200 Å². The SMILES string of the molecule is CC\C=C/C=C\C=C/C=C\C=C\C=C/CCCCCC(=O)OC(COC(=O)CCCCC/C=C\C=C/CCCC)COC(=O)CCCCCCC\C=C/C=C\C=C/CCCCCCC. The van der Waals surface area contributed by atoms with E-state index in [1.165, 1.54) is 44.9 Å². The standard InChI is InChI=1S/C58H90O6/c1-4-7-10-13-16-19-22-24-26-28-30-31-33-36-39-42-45-48-51-57(60)63-54-55(53-62-56(59)50-47-44-41-38-35-21-18-15-12-9-6-3)64-58(61)52-49-46-43-40-37-34-32-29-27-25-23-20-17-14-11-8-5-2/h8,11,14-15,17-18,20-32,34-35,37,55H,4-7,9-10,12-13,16,19,33,36,38-54H2,1-3H3/b11-8-,17-14-,18-15-,23-20-,24-22-,27-25-,28-26-,31-30-,32-29+,35-21-,37-34-. The van der Waals surface area contributed by atoms with Crippen LogP contribution in [0, 0.1) is 0 Å². The summed E-state index contributed by atoms with van der Waals surface area (Å²) in [5.74, 6) is -1.02. The Balaban J connectivity index is 4.57. The Kier molecular flexibility index (Phi) is 47.6. The van der Waals surface area contributed by atoms with E-state index < -0.39 is 6.10 Å². The minimum atomic E-state index is -0.825. The third-order valence-electron chi connectivity index (χ3n) is 10.1. The second-order valence-corrected chi connectivity index (χ2v) is 16.2. The van der Waals surface area contributed by atoms with Crippen molar-refractivity contribution in [2.75, 3.05) is 13.2 Å². The van der Waals surface area contributed by atoms with E-state index in [1.807, 2.05) is 60.8 Å². The van der Waals surface area contributed by atoms with Gasteiger partial charge in [-0.05, 0) is 83.5 Å². The summed E-state index contributed by atoms with van der Waals surface area (Å²) in [4.78, 5) is 37.9. The first-order chi connectivity index (χ1) is 31.5. The first kappa shape index (κ1) is 59.5. The molecule has 6 nitrogen and oxygen atoms in total. The predicted octanol–water partition coefficient (Wildman–Crippen LogP) is 16.7. The topological polar surface area (TPSA) is 78.9 Å². The highest BCUT2D eigenvalue weighted by Gasteiger charge is 2.19. The molecule has 0 rings (SSSR count). The molecule has 1 atom stereocenters. The van der Waals surface area contributed by atoms with Crippen LogP contribution in [0.2, 0.25) is 0 Å². The molecule has 0 aromatic heterocycles. The largest absolute Gasteiger partial charge is 0.462 e. The number of ether oxygens (including phenoxy) is 3. The monoisotopic (exact) mass is 883 g/mol. The highest BCUT2D eigenvalue weighted by atomic mass is 16.6. The van der Waals surface area contributed by atoms with Crippen molar-refractivity contribution in [3.63, 3.8) is 0 Å². The summed E-state index contributed by atoms with van der Waals surface area (Å²) in [5.41, 5.74) is 0. The maximum atomic E-state index is 12.8. The Labute approximate surface area is 392 Å². The predicted molar refractivity (Wildman–Crippen MR) is 274 cm³/mol. The van der Waals surface area contributed by atoms with E-state index >= 15 is 0 Å². The zero-order valence-electron chi connectivity index (χ0n) is 40.7. The first-order valence-corrected chi connectivity index (χ1v) is 25.3. The van der Waals surface area contributed by atoms with E-state index in [2.05, 4.69) is 93.7 Å². The molecule has 0 aromatic carbocycles. The maximum absolute atomic E-state index is 12.8. The molecule has 0 aliphatic rings. The van der Waals surface area contributed by atoms with Crippen LogP contribution >= 0.6 is 0 Å². The molecule has 0 saturated heterocycles. The molecular weight excluding hydrogens is 793 g/mol. The zero-order chi connectivity index (χ0) is 46.5. The number of carbonyl (C=O) groups is 3. The van der Waals surface area contributed by atoms with Crippen LogP contribution in [0.4, 0.5) is 0 Å². The fraction of sp³-hybridized carbons (Fsp3) is 0.569. The van der Waals surface area contributed by atoms with Crippen LogP contribution in [0.1, 0.15) is 194 Å². The molecule has 0 saturated carbocycles. The molecule has 0 heterocycles. The highest BCUT2D eigenvalue weighted by Crippen LogP contribution is 2.12. The third kappa shape index (κ3) is 48.6. The van der Waals surface area contributed by atoms with Crippen LogP contribution in [0.3, 0.4) is 0 Å². The lowest BCUT2D eigenvalue weighted by Crippen LogP contribution is -2.30. The van der Waals surface area contributed by atoms with Gasteiger partial charge in [-0.3, -0.25) is 14.4 Å². The van der Waals surface area contributed by atoms with Crippen LogP contribution in [0.15, 0.2) is 134 Å². The van der Waals surface area contributed by atoms with Gasteiger partial charge in [0.25, 0.3) is 0 Å².